The van der Waals surface area contributed by atoms with E-state index >= 15 is 0 Å². The van der Waals surface area contributed by atoms with E-state index in [9.17, 15) is 14.9 Å². The molecule has 0 spiro atoms. The molecule has 1 heterocycles. The molecule has 2 aromatic carbocycles. The predicted molar refractivity (Wildman–Crippen MR) is 110 cm³/mol. The second kappa shape index (κ2) is 8.46. The van der Waals surface area contributed by atoms with E-state index in [-0.39, 0.29) is 11.1 Å². The lowest BCUT2D eigenvalue weighted by Crippen LogP contribution is -2.13. The van der Waals surface area contributed by atoms with Crippen molar-refractivity contribution in [3.63, 3.8) is 0 Å². The van der Waals surface area contributed by atoms with Crippen LogP contribution in [0.5, 0.6) is 0 Å². The van der Waals surface area contributed by atoms with Crippen LogP contribution in [0.15, 0.2) is 64.6 Å². The Labute approximate surface area is 171 Å². The van der Waals surface area contributed by atoms with Crippen LogP contribution < -0.4 is 5.32 Å². The van der Waals surface area contributed by atoms with Crippen LogP contribution in [0.4, 0.5) is 5.69 Å². The van der Waals surface area contributed by atoms with Gasteiger partial charge in [0, 0.05) is 22.3 Å². The van der Waals surface area contributed by atoms with Gasteiger partial charge in [-0.15, -0.1) is 0 Å². The molecular weight excluding hydrogens is 392 g/mol. The first-order valence-corrected chi connectivity index (χ1v) is 8.88. The average molecular weight is 407 g/mol. The number of nitrogens with zero attached hydrogens (tertiary/aromatic N) is 1. The normalized spacial score (nSPS) is 11.0. The Kier molecular flexibility index (Phi) is 5.82. The summed E-state index contributed by atoms with van der Waals surface area (Å²) in [5.74, 6) is -0.778. The standard InChI is InChI=1S/C22H15ClN2O4/c1-13-9-14(22(27)28)5-7-19(13)20-8-6-18(29-20)10-15(12-24)21(26)25-17-4-2-3-16(23)11-17/h2-11H,1H3,(H,25,26)(H,27,28)/b15-10-. The Hall–Kier alpha value is -3.82. The van der Waals surface area contributed by atoms with Crippen molar-refractivity contribution in [2.24, 2.45) is 0 Å². The van der Waals surface area contributed by atoms with E-state index in [0.29, 0.717) is 22.2 Å². The number of carboxylic acids is 1. The number of nitrogens with one attached hydrogen (secondary N) is 1. The van der Waals surface area contributed by atoms with Crippen LogP contribution in [0.2, 0.25) is 5.02 Å². The Morgan fingerprint density at radius 2 is 1.97 bits per heavy atom. The van der Waals surface area contributed by atoms with Gasteiger partial charge in [0.15, 0.2) is 0 Å². The Morgan fingerprint density at radius 1 is 1.17 bits per heavy atom. The number of carboxylic acid groups (broad SMARTS) is 1. The molecule has 0 saturated carbocycles. The molecule has 0 fully saturated rings. The summed E-state index contributed by atoms with van der Waals surface area (Å²) in [6.45, 7) is 1.78. The van der Waals surface area contributed by atoms with Crippen molar-refractivity contribution in [1.82, 2.24) is 0 Å². The van der Waals surface area contributed by atoms with Crippen LogP contribution in [-0.2, 0) is 4.79 Å². The maximum Gasteiger partial charge on any atom is 0.335 e. The lowest BCUT2D eigenvalue weighted by Gasteiger charge is -2.05. The van der Waals surface area contributed by atoms with Gasteiger partial charge in [0.2, 0.25) is 0 Å². The fourth-order valence-corrected chi connectivity index (χ4v) is 2.89. The van der Waals surface area contributed by atoms with E-state index in [0.717, 1.165) is 11.1 Å². The van der Waals surface area contributed by atoms with E-state index in [1.807, 2.05) is 6.07 Å². The van der Waals surface area contributed by atoms with Crippen LogP contribution in [0.25, 0.3) is 17.4 Å². The van der Waals surface area contributed by atoms with Crippen LogP contribution in [0, 0.1) is 18.3 Å². The molecule has 0 bridgehead atoms. The molecule has 29 heavy (non-hydrogen) atoms. The molecule has 1 aromatic heterocycles. The highest BCUT2D eigenvalue weighted by Crippen LogP contribution is 2.27. The van der Waals surface area contributed by atoms with Crippen molar-refractivity contribution in [3.05, 3.63) is 82.1 Å². The predicted octanol–water partition coefficient (Wildman–Crippen LogP) is 5.15. The number of rotatable bonds is 5. The first-order valence-electron chi connectivity index (χ1n) is 8.50. The number of hydrogen-bond donors (Lipinski definition) is 2. The van der Waals surface area contributed by atoms with Gasteiger partial charge in [-0.25, -0.2) is 4.79 Å². The average Bonchev–Trinajstić information content (AvgIpc) is 3.14. The van der Waals surface area contributed by atoms with E-state index in [2.05, 4.69) is 5.32 Å². The smallest absolute Gasteiger partial charge is 0.335 e. The van der Waals surface area contributed by atoms with Crippen LogP contribution in [0.3, 0.4) is 0 Å². The fraction of sp³-hybridized carbons (Fsp3) is 0.0455. The van der Waals surface area contributed by atoms with E-state index in [1.54, 1.807) is 55.5 Å². The molecule has 0 saturated heterocycles. The summed E-state index contributed by atoms with van der Waals surface area (Å²) in [6, 6.07) is 16.5. The molecule has 0 aliphatic rings. The molecule has 7 heteroatoms. The first-order chi connectivity index (χ1) is 13.9. The lowest BCUT2D eigenvalue weighted by atomic mass is 10.0. The van der Waals surface area contributed by atoms with Gasteiger partial charge in [0.1, 0.15) is 23.2 Å². The lowest BCUT2D eigenvalue weighted by molar-refractivity contribution is -0.112. The molecule has 1 amide bonds. The van der Waals surface area contributed by atoms with Crippen molar-refractivity contribution in [1.29, 1.82) is 5.26 Å². The zero-order chi connectivity index (χ0) is 21.0. The van der Waals surface area contributed by atoms with E-state index in [4.69, 9.17) is 21.1 Å². The maximum atomic E-state index is 12.3. The number of aromatic carboxylic acids is 1. The van der Waals surface area contributed by atoms with Crippen molar-refractivity contribution < 1.29 is 19.1 Å². The molecule has 0 radical (unpaired) electrons. The number of anilines is 1. The molecule has 3 rings (SSSR count). The van der Waals surface area contributed by atoms with Crippen molar-refractivity contribution in [3.8, 4) is 17.4 Å². The number of nitriles is 1. The molecule has 0 atom stereocenters. The van der Waals surface area contributed by atoms with Gasteiger partial charge in [-0.05, 0) is 55.0 Å². The number of carbonyl (C=O) groups excluding carboxylic acids is 1. The summed E-state index contributed by atoms with van der Waals surface area (Å²) in [5.41, 5.74) is 1.97. The summed E-state index contributed by atoms with van der Waals surface area (Å²) < 4.78 is 5.73. The molecule has 0 aliphatic heterocycles. The first kappa shape index (κ1) is 19.9. The minimum Gasteiger partial charge on any atom is -0.478 e. The van der Waals surface area contributed by atoms with Gasteiger partial charge in [-0.2, -0.15) is 5.26 Å². The maximum absolute atomic E-state index is 12.3. The van der Waals surface area contributed by atoms with Gasteiger partial charge in [-0.1, -0.05) is 23.7 Å². The number of carbonyl (C=O) groups is 2. The molecule has 3 aromatic rings. The number of hydrogen-bond acceptors (Lipinski definition) is 4. The summed E-state index contributed by atoms with van der Waals surface area (Å²) in [6.07, 6.45) is 1.34. The zero-order valence-electron chi connectivity index (χ0n) is 15.3. The van der Waals surface area contributed by atoms with Crippen LogP contribution in [0.1, 0.15) is 21.7 Å². The minimum absolute atomic E-state index is 0.135. The number of halogens is 1. The van der Waals surface area contributed by atoms with Crippen molar-refractivity contribution in [2.45, 2.75) is 6.92 Å². The third-order valence-corrected chi connectivity index (χ3v) is 4.33. The second-order valence-electron chi connectivity index (χ2n) is 6.17. The number of amides is 1. The van der Waals surface area contributed by atoms with Gasteiger partial charge in [-0.3, -0.25) is 4.79 Å². The third-order valence-electron chi connectivity index (χ3n) is 4.10. The largest absolute Gasteiger partial charge is 0.478 e. The molecule has 2 N–H and O–H groups in total. The topological polar surface area (TPSA) is 103 Å². The Bertz CT molecular complexity index is 1170. The quantitative estimate of drug-likeness (QED) is 0.450. The van der Waals surface area contributed by atoms with Crippen molar-refractivity contribution in [2.75, 3.05) is 5.32 Å². The van der Waals surface area contributed by atoms with Crippen LogP contribution >= 0.6 is 11.6 Å². The van der Waals surface area contributed by atoms with E-state index in [1.165, 1.54) is 12.1 Å². The van der Waals surface area contributed by atoms with E-state index < -0.39 is 11.9 Å². The van der Waals surface area contributed by atoms with Crippen molar-refractivity contribution >= 4 is 35.2 Å². The SMILES string of the molecule is Cc1cc(C(=O)O)ccc1-c1ccc(/C=C(/C#N)C(=O)Nc2cccc(Cl)c2)o1. The number of furan rings is 1. The molecule has 6 nitrogen and oxygen atoms in total. The van der Waals surface area contributed by atoms with Crippen LogP contribution in [-0.4, -0.2) is 17.0 Å². The number of benzene rings is 2. The molecular formula is C22H15ClN2O4. The highest BCUT2D eigenvalue weighted by atomic mass is 35.5. The highest BCUT2D eigenvalue weighted by Gasteiger charge is 2.13. The van der Waals surface area contributed by atoms with Gasteiger partial charge < -0.3 is 14.8 Å². The Balaban J connectivity index is 1.83. The fourth-order valence-electron chi connectivity index (χ4n) is 2.70. The minimum atomic E-state index is -1.01. The molecule has 0 unspecified atom stereocenters. The summed E-state index contributed by atoms with van der Waals surface area (Å²) in [7, 11) is 0. The van der Waals surface area contributed by atoms with Gasteiger partial charge in [0.05, 0.1) is 5.56 Å². The number of aryl methyl sites for hydroxylation is 1. The summed E-state index contributed by atoms with van der Waals surface area (Å²) in [4.78, 5) is 23.4. The molecule has 0 aliphatic carbocycles. The summed E-state index contributed by atoms with van der Waals surface area (Å²) in [5, 5.41) is 21.5. The summed E-state index contributed by atoms with van der Waals surface area (Å²) >= 11 is 5.89. The monoisotopic (exact) mass is 406 g/mol. The highest BCUT2D eigenvalue weighted by molar-refractivity contribution is 6.31. The van der Waals surface area contributed by atoms with Gasteiger partial charge >= 0.3 is 5.97 Å². The molecule has 144 valence electrons. The van der Waals surface area contributed by atoms with Gasteiger partial charge in [0.25, 0.3) is 5.91 Å². The second-order valence-corrected chi connectivity index (χ2v) is 6.61. The zero-order valence-corrected chi connectivity index (χ0v) is 16.0. The Morgan fingerprint density at radius 3 is 2.62 bits per heavy atom. The third kappa shape index (κ3) is 4.72.